The maximum Gasteiger partial charge on any atom is 0.274 e. The number of aromatic nitrogens is 4. The van der Waals surface area contributed by atoms with Crippen LogP contribution in [0.15, 0.2) is 72.9 Å². The van der Waals surface area contributed by atoms with E-state index < -0.39 is 0 Å². The monoisotopic (exact) mass is 666 g/mol. The fraction of sp³-hybridized carbons (Fsp3) is 0.286. The SMILES string of the molecule is CONC(=O)c1ccc(C)c(N)c1.CONC(=O)c1ccc(C)c(Nc2nc(N3CCCN(C)CC3)nc3c2cnn3-c2ccccc2)c1. The van der Waals surface area contributed by atoms with Crippen molar-refractivity contribution in [3.63, 3.8) is 0 Å². The summed E-state index contributed by atoms with van der Waals surface area (Å²) in [6.07, 6.45) is 2.82. The lowest BCUT2D eigenvalue weighted by molar-refractivity contribution is 0.0533. The van der Waals surface area contributed by atoms with Gasteiger partial charge in [-0.3, -0.25) is 19.3 Å². The third-order valence-electron chi connectivity index (χ3n) is 8.10. The first kappa shape index (κ1) is 34.8. The number of nitrogens with one attached hydrogen (secondary N) is 3. The molecule has 1 aliphatic heterocycles. The van der Waals surface area contributed by atoms with Crippen LogP contribution in [0.4, 0.5) is 23.1 Å². The van der Waals surface area contributed by atoms with Gasteiger partial charge in [0.15, 0.2) is 5.65 Å². The molecule has 0 aliphatic carbocycles. The average Bonchev–Trinajstić information content (AvgIpc) is 3.41. The van der Waals surface area contributed by atoms with Gasteiger partial charge in [0.1, 0.15) is 5.82 Å². The van der Waals surface area contributed by atoms with E-state index in [0.29, 0.717) is 28.6 Å². The van der Waals surface area contributed by atoms with Gasteiger partial charge in [0.2, 0.25) is 5.95 Å². The first-order chi connectivity index (χ1) is 23.7. The number of nitrogens with zero attached hydrogens (tertiary/aromatic N) is 6. The van der Waals surface area contributed by atoms with E-state index in [4.69, 9.17) is 20.5 Å². The number of amides is 2. The number of nitrogens with two attached hydrogens (primary N) is 1. The summed E-state index contributed by atoms with van der Waals surface area (Å²) in [5.41, 5.74) is 16.1. The molecule has 0 unspecified atom stereocenters. The minimum absolute atomic E-state index is 0.297. The first-order valence-corrected chi connectivity index (χ1v) is 15.8. The minimum atomic E-state index is -0.320. The van der Waals surface area contributed by atoms with Crippen LogP contribution in [0.5, 0.6) is 0 Å². The molecule has 0 radical (unpaired) electrons. The normalized spacial score (nSPS) is 13.3. The predicted octanol–water partition coefficient (Wildman–Crippen LogP) is 4.17. The van der Waals surface area contributed by atoms with Gasteiger partial charge in [-0.2, -0.15) is 15.1 Å². The number of carbonyl (C=O) groups excluding carboxylic acids is 2. The molecule has 14 nitrogen and oxygen atoms in total. The molecule has 3 heterocycles. The van der Waals surface area contributed by atoms with Crippen molar-refractivity contribution in [2.45, 2.75) is 20.3 Å². The Morgan fingerprint density at radius 2 is 1.49 bits per heavy atom. The number of rotatable bonds is 8. The summed E-state index contributed by atoms with van der Waals surface area (Å²) in [4.78, 5) is 47.3. The molecule has 5 N–H and O–H groups in total. The Labute approximate surface area is 285 Å². The number of para-hydroxylation sites is 1. The average molecular weight is 667 g/mol. The van der Waals surface area contributed by atoms with Crippen molar-refractivity contribution in [2.75, 3.05) is 63.4 Å². The fourth-order valence-electron chi connectivity index (χ4n) is 5.25. The van der Waals surface area contributed by atoms with E-state index in [0.717, 1.165) is 66.1 Å². The smallest absolute Gasteiger partial charge is 0.274 e. The molecule has 2 amide bonds. The fourth-order valence-corrected chi connectivity index (χ4v) is 5.25. The molecule has 1 saturated heterocycles. The quantitative estimate of drug-likeness (QED) is 0.139. The van der Waals surface area contributed by atoms with E-state index in [1.54, 1.807) is 36.5 Å². The molecular weight excluding hydrogens is 624 g/mol. The van der Waals surface area contributed by atoms with Gasteiger partial charge in [-0.25, -0.2) is 15.6 Å². The Morgan fingerprint density at radius 1 is 0.816 bits per heavy atom. The zero-order valence-corrected chi connectivity index (χ0v) is 28.4. The van der Waals surface area contributed by atoms with Crippen molar-refractivity contribution in [1.29, 1.82) is 0 Å². The molecule has 256 valence electrons. The number of hydrogen-bond donors (Lipinski definition) is 4. The lowest BCUT2D eigenvalue weighted by Gasteiger charge is -2.22. The predicted molar refractivity (Wildman–Crippen MR) is 190 cm³/mol. The van der Waals surface area contributed by atoms with Crippen LogP contribution in [0.25, 0.3) is 16.7 Å². The van der Waals surface area contributed by atoms with Crippen LogP contribution < -0.4 is 26.9 Å². The molecule has 49 heavy (non-hydrogen) atoms. The van der Waals surface area contributed by atoms with Gasteiger partial charge >= 0.3 is 0 Å². The maximum absolute atomic E-state index is 12.3. The van der Waals surface area contributed by atoms with Gasteiger partial charge in [0.25, 0.3) is 11.8 Å². The van der Waals surface area contributed by atoms with Crippen molar-refractivity contribution in [3.8, 4) is 5.69 Å². The molecule has 0 atom stereocenters. The van der Waals surface area contributed by atoms with Gasteiger partial charge in [0.05, 0.1) is 31.5 Å². The van der Waals surface area contributed by atoms with Crippen LogP contribution in [-0.2, 0) is 9.68 Å². The summed E-state index contributed by atoms with van der Waals surface area (Å²) in [5, 5.41) is 8.90. The first-order valence-electron chi connectivity index (χ1n) is 15.8. The molecular formula is C35H42N10O4. The number of carbonyl (C=O) groups is 2. The van der Waals surface area contributed by atoms with Crippen LogP contribution in [-0.4, -0.2) is 83.9 Å². The standard InChI is InChI=1S/C26H30N8O2.C9H12N2O2/c1-18-10-11-19(25(35)31-36-3)16-22(18)28-23-21-17-27-34(20-8-5-4-6-9-20)24(21)30-26(29-23)33-13-7-12-32(2)14-15-33;1-6-3-4-7(5-8(6)10)9(12)11-13-2/h4-6,8-11,16-17H,7,12-15H2,1-3H3,(H,31,35)(H,28,29,30);3-5H,10H2,1-2H3,(H,11,12). The van der Waals surface area contributed by atoms with Crippen LogP contribution in [0, 0.1) is 13.8 Å². The molecule has 5 aromatic rings. The number of anilines is 4. The Morgan fingerprint density at radius 3 is 2.16 bits per heavy atom. The van der Waals surface area contributed by atoms with Crippen molar-refractivity contribution in [2.24, 2.45) is 0 Å². The van der Waals surface area contributed by atoms with E-state index in [2.05, 4.69) is 43.1 Å². The van der Waals surface area contributed by atoms with Gasteiger partial charge in [-0.05, 0) is 81.4 Å². The number of fused-ring (bicyclic) bond motifs is 1. The third kappa shape index (κ3) is 8.48. The zero-order chi connectivity index (χ0) is 34.9. The van der Waals surface area contributed by atoms with E-state index in [1.165, 1.54) is 14.2 Å². The molecule has 1 fully saturated rings. The summed E-state index contributed by atoms with van der Waals surface area (Å²) in [5.74, 6) is 0.681. The Balaban J connectivity index is 0.000000304. The Kier molecular flexibility index (Phi) is 11.4. The summed E-state index contributed by atoms with van der Waals surface area (Å²) in [6.45, 7) is 7.57. The lowest BCUT2D eigenvalue weighted by atomic mass is 10.1. The van der Waals surface area contributed by atoms with Crippen molar-refractivity contribution >= 4 is 46.0 Å². The maximum atomic E-state index is 12.3. The molecule has 0 saturated carbocycles. The topological polar surface area (TPSA) is 165 Å². The van der Waals surface area contributed by atoms with Crippen molar-refractivity contribution in [1.82, 2.24) is 35.6 Å². The summed E-state index contributed by atoms with van der Waals surface area (Å²) >= 11 is 0. The summed E-state index contributed by atoms with van der Waals surface area (Å²) in [6, 6.07) is 20.5. The van der Waals surface area contributed by atoms with E-state index in [9.17, 15) is 9.59 Å². The van der Waals surface area contributed by atoms with E-state index in [-0.39, 0.29) is 11.8 Å². The molecule has 6 rings (SSSR count). The summed E-state index contributed by atoms with van der Waals surface area (Å²) < 4.78 is 1.84. The molecule has 0 bridgehead atoms. The second kappa shape index (κ2) is 16.0. The summed E-state index contributed by atoms with van der Waals surface area (Å²) in [7, 11) is 4.94. The van der Waals surface area contributed by atoms with Crippen LogP contribution in [0.2, 0.25) is 0 Å². The van der Waals surface area contributed by atoms with Crippen molar-refractivity contribution < 1.29 is 19.3 Å². The van der Waals surface area contributed by atoms with Gasteiger partial charge in [-0.1, -0.05) is 30.3 Å². The number of aryl methyl sites for hydroxylation is 2. The van der Waals surface area contributed by atoms with Crippen molar-refractivity contribution in [3.05, 3.63) is 95.2 Å². The molecule has 0 spiro atoms. The number of nitrogen functional groups attached to an aromatic ring is 1. The van der Waals surface area contributed by atoms with Crippen LogP contribution in [0.1, 0.15) is 38.3 Å². The number of hydroxylamine groups is 2. The van der Waals surface area contributed by atoms with Crippen LogP contribution in [0.3, 0.4) is 0 Å². The van der Waals surface area contributed by atoms with Gasteiger partial charge in [-0.15, -0.1) is 0 Å². The largest absolute Gasteiger partial charge is 0.398 e. The third-order valence-corrected chi connectivity index (χ3v) is 8.10. The van der Waals surface area contributed by atoms with Crippen LogP contribution >= 0.6 is 0 Å². The lowest BCUT2D eigenvalue weighted by Crippen LogP contribution is -2.30. The number of benzene rings is 3. The molecule has 1 aliphatic rings. The Bertz CT molecular complexity index is 1910. The second-order valence-corrected chi connectivity index (χ2v) is 11.6. The highest BCUT2D eigenvalue weighted by Crippen LogP contribution is 2.30. The second-order valence-electron chi connectivity index (χ2n) is 11.6. The highest BCUT2D eigenvalue weighted by molar-refractivity contribution is 5.96. The minimum Gasteiger partial charge on any atom is -0.398 e. The number of likely N-dealkylation sites (N-methyl/N-ethyl adjacent to an activating group) is 1. The highest BCUT2D eigenvalue weighted by Gasteiger charge is 2.21. The van der Waals surface area contributed by atoms with Gasteiger partial charge in [0, 0.05) is 42.1 Å². The van der Waals surface area contributed by atoms with E-state index in [1.807, 2.05) is 54.9 Å². The Hall–Kier alpha value is -5.57. The molecule has 14 heteroatoms. The number of hydrogen-bond acceptors (Lipinski definition) is 11. The molecule has 3 aromatic carbocycles. The van der Waals surface area contributed by atoms with E-state index >= 15 is 0 Å². The van der Waals surface area contributed by atoms with Gasteiger partial charge < -0.3 is 20.9 Å². The zero-order valence-electron chi connectivity index (χ0n) is 28.4. The highest BCUT2D eigenvalue weighted by atomic mass is 16.6. The molecule has 2 aromatic heterocycles.